The molecular formula is C24H35IN4O2. The molecule has 1 aliphatic rings. The minimum absolute atomic E-state index is 0. The molecule has 1 aliphatic carbocycles. The number of guanidine groups is 1. The first-order chi connectivity index (χ1) is 14.7. The Bertz CT molecular complexity index is 893. The first-order valence-corrected chi connectivity index (χ1v) is 11.1. The zero-order valence-electron chi connectivity index (χ0n) is 18.6. The molecule has 1 heterocycles. The summed E-state index contributed by atoms with van der Waals surface area (Å²) in [6.07, 6.45) is 6.31. The molecule has 1 aromatic carbocycles. The largest absolute Gasteiger partial charge is 0.493 e. The number of hydrogen-bond donors (Lipinski definition) is 2. The highest BCUT2D eigenvalue weighted by molar-refractivity contribution is 14.0. The van der Waals surface area contributed by atoms with E-state index in [1.54, 1.807) is 16.7 Å². The number of halogens is 1. The van der Waals surface area contributed by atoms with Crippen LogP contribution in [0.5, 0.6) is 5.75 Å². The van der Waals surface area contributed by atoms with Crippen LogP contribution in [-0.4, -0.2) is 30.2 Å². The quantitative estimate of drug-likeness (QED) is 0.196. The fourth-order valence-corrected chi connectivity index (χ4v) is 3.18. The van der Waals surface area contributed by atoms with E-state index >= 15 is 0 Å². The number of nitrogens with one attached hydrogen (secondary N) is 2. The molecule has 0 unspecified atom stereocenters. The van der Waals surface area contributed by atoms with Gasteiger partial charge in [0, 0.05) is 37.5 Å². The van der Waals surface area contributed by atoms with Crippen LogP contribution in [0.2, 0.25) is 0 Å². The fraction of sp³-hybridized carbons (Fsp3) is 0.500. The summed E-state index contributed by atoms with van der Waals surface area (Å²) in [5.74, 6) is 2.49. The first-order valence-electron chi connectivity index (χ1n) is 11.1. The molecule has 0 spiro atoms. The first kappa shape index (κ1) is 25.2. The standard InChI is InChI=1S/C24H34N4O2.HI/c1-3-25-24(26-13-5-7-15-28-14-6-4-8-23(28)29)27-17-21-12-9-19(2)16-22(21)30-18-20-10-11-20;/h4,6,8-9,12,14,16,20H,3,5,7,10-11,13,15,17-18H2,1-2H3,(H2,25,26,27);1H. The van der Waals surface area contributed by atoms with Crippen LogP contribution in [0.3, 0.4) is 0 Å². The minimum atomic E-state index is 0. The van der Waals surface area contributed by atoms with Gasteiger partial charge < -0.3 is 19.9 Å². The smallest absolute Gasteiger partial charge is 0.250 e. The maximum atomic E-state index is 11.7. The third kappa shape index (κ3) is 8.93. The van der Waals surface area contributed by atoms with Crippen LogP contribution in [0.25, 0.3) is 0 Å². The van der Waals surface area contributed by atoms with Crippen molar-refractivity contribution in [2.45, 2.75) is 52.6 Å². The van der Waals surface area contributed by atoms with Crippen LogP contribution >= 0.6 is 24.0 Å². The Hall–Kier alpha value is -2.03. The van der Waals surface area contributed by atoms with E-state index in [1.165, 1.54) is 18.4 Å². The molecule has 0 amide bonds. The number of aryl methyl sites for hydroxylation is 2. The SMILES string of the molecule is CCNC(=NCc1ccc(C)cc1OCC1CC1)NCCCCn1ccccc1=O.I. The Balaban J connectivity index is 0.00000341. The van der Waals surface area contributed by atoms with Gasteiger partial charge in [0.25, 0.3) is 0 Å². The number of benzene rings is 1. The van der Waals surface area contributed by atoms with Crippen LogP contribution < -0.4 is 20.9 Å². The number of unbranched alkanes of at least 4 members (excludes halogenated alkanes) is 1. The van der Waals surface area contributed by atoms with E-state index in [0.29, 0.717) is 6.54 Å². The maximum Gasteiger partial charge on any atom is 0.250 e. The Morgan fingerprint density at radius 1 is 1.19 bits per heavy atom. The second kappa shape index (κ2) is 13.4. The number of pyridine rings is 1. The molecule has 1 fully saturated rings. The molecule has 2 aromatic rings. The van der Waals surface area contributed by atoms with Gasteiger partial charge in [-0.25, -0.2) is 4.99 Å². The summed E-state index contributed by atoms with van der Waals surface area (Å²) in [4.78, 5) is 16.5. The number of ether oxygens (including phenoxy) is 1. The molecule has 0 radical (unpaired) electrons. The van der Waals surface area contributed by atoms with Gasteiger partial charge in [-0.1, -0.05) is 18.2 Å². The van der Waals surface area contributed by atoms with Gasteiger partial charge in [0.15, 0.2) is 5.96 Å². The highest BCUT2D eigenvalue weighted by Crippen LogP contribution is 2.30. The summed E-state index contributed by atoms with van der Waals surface area (Å²) >= 11 is 0. The lowest BCUT2D eigenvalue weighted by atomic mass is 10.1. The number of aliphatic imine (C=N–C) groups is 1. The summed E-state index contributed by atoms with van der Waals surface area (Å²) in [5, 5.41) is 6.70. The number of nitrogens with zero attached hydrogens (tertiary/aromatic N) is 2. The second-order valence-electron chi connectivity index (χ2n) is 7.93. The number of hydrogen-bond acceptors (Lipinski definition) is 3. The van der Waals surface area contributed by atoms with Gasteiger partial charge in [0.2, 0.25) is 5.56 Å². The predicted octanol–water partition coefficient (Wildman–Crippen LogP) is 4.10. The van der Waals surface area contributed by atoms with E-state index in [2.05, 4.69) is 42.7 Å². The van der Waals surface area contributed by atoms with Crippen molar-refractivity contribution in [3.8, 4) is 5.75 Å². The zero-order valence-corrected chi connectivity index (χ0v) is 20.9. The van der Waals surface area contributed by atoms with E-state index < -0.39 is 0 Å². The van der Waals surface area contributed by atoms with Gasteiger partial charge in [-0.05, 0) is 63.1 Å². The Morgan fingerprint density at radius 2 is 2.03 bits per heavy atom. The van der Waals surface area contributed by atoms with Crippen molar-refractivity contribution < 1.29 is 4.74 Å². The van der Waals surface area contributed by atoms with Crippen molar-refractivity contribution in [3.05, 3.63) is 64.1 Å². The van der Waals surface area contributed by atoms with Crippen molar-refractivity contribution in [3.63, 3.8) is 0 Å². The molecule has 0 atom stereocenters. The van der Waals surface area contributed by atoms with Crippen molar-refractivity contribution in [1.82, 2.24) is 15.2 Å². The summed E-state index contributed by atoms with van der Waals surface area (Å²) in [5.41, 5.74) is 2.37. The fourth-order valence-electron chi connectivity index (χ4n) is 3.18. The van der Waals surface area contributed by atoms with E-state index in [-0.39, 0.29) is 29.5 Å². The Kier molecular flexibility index (Phi) is 10.9. The second-order valence-corrected chi connectivity index (χ2v) is 7.93. The average molecular weight is 538 g/mol. The van der Waals surface area contributed by atoms with E-state index in [9.17, 15) is 4.79 Å². The van der Waals surface area contributed by atoms with Crippen LogP contribution in [0.15, 0.2) is 52.4 Å². The molecule has 0 saturated heterocycles. The van der Waals surface area contributed by atoms with E-state index in [0.717, 1.165) is 62.3 Å². The van der Waals surface area contributed by atoms with Crippen LogP contribution in [0.4, 0.5) is 0 Å². The molecule has 7 heteroatoms. The van der Waals surface area contributed by atoms with E-state index in [4.69, 9.17) is 9.73 Å². The van der Waals surface area contributed by atoms with Crippen molar-refractivity contribution in [1.29, 1.82) is 0 Å². The molecule has 1 aromatic heterocycles. The molecule has 170 valence electrons. The maximum absolute atomic E-state index is 11.7. The number of aromatic nitrogens is 1. The molecular weight excluding hydrogens is 503 g/mol. The Morgan fingerprint density at radius 3 is 2.77 bits per heavy atom. The summed E-state index contributed by atoms with van der Waals surface area (Å²) in [6, 6.07) is 11.6. The van der Waals surface area contributed by atoms with Gasteiger partial charge in [-0.2, -0.15) is 0 Å². The summed E-state index contributed by atoms with van der Waals surface area (Å²) in [6.45, 7) is 7.90. The van der Waals surface area contributed by atoms with Gasteiger partial charge in [-0.3, -0.25) is 4.79 Å². The van der Waals surface area contributed by atoms with Gasteiger partial charge in [-0.15, -0.1) is 24.0 Å². The lowest BCUT2D eigenvalue weighted by Crippen LogP contribution is -2.37. The highest BCUT2D eigenvalue weighted by Gasteiger charge is 2.22. The third-order valence-electron chi connectivity index (χ3n) is 5.16. The molecule has 0 bridgehead atoms. The van der Waals surface area contributed by atoms with Crippen LogP contribution in [0.1, 0.15) is 43.7 Å². The lowest BCUT2D eigenvalue weighted by molar-refractivity contribution is 0.296. The van der Waals surface area contributed by atoms with E-state index in [1.807, 2.05) is 12.3 Å². The lowest BCUT2D eigenvalue weighted by Gasteiger charge is -2.14. The predicted molar refractivity (Wildman–Crippen MR) is 138 cm³/mol. The molecule has 1 saturated carbocycles. The van der Waals surface area contributed by atoms with Crippen molar-refractivity contribution in [2.75, 3.05) is 19.7 Å². The molecule has 3 rings (SSSR count). The van der Waals surface area contributed by atoms with Crippen molar-refractivity contribution in [2.24, 2.45) is 10.9 Å². The van der Waals surface area contributed by atoms with Crippen LogP contribution in [-0.2, 0) is 13.1 Å². The highest BCUT2D eigenvalue weighted by atomic mass is 127. The van der Waals surface area contributed by atoms with Crippen molar-refractivity contribution >= 4 is 29.9 Å². The van der Waals surface area contributed by atoms with Gasteiger partial charge in [0.05, 0.1) is 13.2 Å². The third-order valence-corrected chi connectivity index (χ3v) is 5.16. The zero-order chi connectivity index (χ0) is 21.2. The minimum Gasteiger partial charge on any atom is -0.493 e. The molecule has 6 nitrogen and oxygen atoms in total. The monoisotopic (exact) mass is 538 g/mol. The molecule has 2 N–H and O–H groups in total. The molecule has 0 aliphatic heterocycles. The average Bonchev–Trinajstić information content (AvgIpc) is 3.57. The molecule has 31 heavy (non-hydrogen) atoms. The van der Waals surface area contributed by atoms with Gasteiger partial charge in [0.1, 0.15) is 5.75 Å². The summed E-state index contributed by atoms with van der Waals surface area (Å²) in [7, 11) is 0. The summed E-state index contributed by atoms with van der Waals surface area (Å²) < 4.78 is 7.81. The topological polar surface area (TPSA) is 67.7 Å². The number of rotatable bonds is 11. The normalized spacial score (nSPS) is 13.4. The Labute approximate surface area is 202 Å². The van der Waals surface area contributed by atoms with Gasteiger partial charge >= 0.3 is 0 Å². The van der Waals surface area contributed by atoms with Crippen LogP contribution in [0, 0.1) is 12.8 Å².